The first-order chi connectivity index (χ1) is 9.60. The summed E-state index contributed by atoms with van der Waals surface area (Å²) in [5, 5.41) is 3.89. The summed E-state index contributed by atoms with van der Waals surface area (Å²) in [5.41, 5.74) is 1.82. The van der Waals surface area contributed by atoms with Crippen molar-refractivity contribution in [1.82, 2.24) is 10.3 Å². The van der Waals surface area contributed by atoms with Crippen LogP contribution in [0.1, 0.15) is 30.4 Å². The summed E-state index contributed by atoms with van der Waals surface area (Å²) >= 11 is 1.43. The van der Waals surface area contributed by atoms with Crippen molar-refractivity contribution in [3.63, 3.8) is 0 Å². The molecule has 0 aliphatic carbocycles. The monoisotopic (exact) mass is 294 g/mol. The van der Waals surface area contributed by atoms with Crippen LogP contribution in [0.4, 0.5) is 4.39 Å². The molecule has 0 bridgehead atoms. The van der Waals surface area contributed by atoms with E-state index in [1.54, 1.807) is 12.1 Å². The Morgan fingerprint density at radius 2 is 2.15 bits per heavy atom. The first-order valence-electron chi connectivity index (χ1n) is 6.71. The Morgan fingerprint density at radius 1 is 1.35 bits per heavy atom. The largest absolute Gasteiger partial charge is 0.436 e. The summed E-state index contributed by atoms with van der Waals surface area (Å²) < 4.78 is 19.0. The zero-order valence-corrected chi connectivity index (χ0v) is 12.8. The Hall–Kier alpha value is -1.33. The molecule has 3 nitrogen and oxygen atoms in total. The topological polar surface area (TPSA) is 38.1 Å². The summed E-state index contributed by atoms with van der Waals surface area (Å²) in [4.78, 5) is 5.32. The first-order valence-corrected chi connectivity index (χ1v) is 7.52. The summed E-state index contributed by atoms with van der Waals surface area (Å²) in [6, 6.07) is 4.81. The third kappa shape index (κ3) is 3.84. The number of aromatic nitrogens is 1. The van der Waals surface area contributed by atoms with Gasteiger partial charge in [-0.2, -0.15) is 0 Å². The second kappa shape index (κ2) is 6.90. The molecule has 0 saturated heterocycles. The molecule has 0 radical (unpaired) electrons. The van der Waals surface area contributed by atoms with Crippen LogP contribution >= 0.6 is 11.8 Å². The van der Waals surface area contributed by atoms with Crippen molar-refractivity contribution in [3.8, 4) is 0 Å². The molecule has 0 saturated carbocycles. The first kappa shape index (κ1) is 15.1. The lowest BCUT2D eigenvalue weighted by atomic mass is 10.2. The van der Waals surface area contributed by atoms with Gasteiger partial charge in [0.1, 0.15) is 11.6 Å². The van der Waals surface area contributed by atoms with E-state index in [1.807, 2.05) is 13.8 Å². The molecule has 1 aromatic carbocycles. The standard InChI is InChI=1S/C15H19FN2OS/c1-4-7-17-9-12-8-13(16)5-6-14(12)20-15-18-10(2)11(3)19-15/h5-6,8,17H,4,7,9H2,1-3H3. The number of benzene rings is 1. The molecule has 2 rings (SSSR count). The fourth-order valence-corrected chi connectivity index (χ4v) is 2.70. The number of oxazole rings is 1. The highest BCUT2D eigenvalue weighted by Gasteiger charge is 2.11. The molecule has 0 aliphatic rings. The number of hydrogen-bond donors (Lipinski definition) is 1. The van der Waals surface area contributed by atoms with E-state index in [2.05, 4.69) is 17.2 Å². The maximum Gasteiger partial charge on any atom is 0.261 e. The molecule has 2 aromatic rings. The van der Waals surface area contributed by atoms with Crippen LogP contribution in [-0.4, -0.2) is 11.5 Å². The molecular weight excluding hydrogens is 275 g/mol. The zero-order chi connectivity index (χ0) is 14.5. The second-order valence-corrected chi connectivity index (χ2v) is 5.65. The van der Waals surface area contributed by atoms with Crippen LogP contribution in [0.3, 0.4) is 0 Å². The van der Waals surface area contributed by atoms with Gasteiger partial charge in [0.15, 0.2) is 0 Å². The van der Waals surface area contributed by atoms with Crippen molar-refractivity contribution >= 4 is 11.8 Å². The fourth-order valence-electron chi connectivity index (χ4n) is 1.77. The minimum absolute atomic E-state index is 0.220. The van der Waals surface area contributed by atoms with Crippen molar-refractivity contribution in [1.29, 1.82) is 0 Å². The third-order valence-corrected chi connectivity index (χ3v) is 3.94. The molecular formula is C15H19FN2OS. The summed E-state index contributed by atoms with van der Waals surface area (Å²) in [5.74, 6) is 0.600. The van der Waals surface area contributed by atoms with Gasteiger partial charge < -0.3 is 9.73 Å². The van der Waals surface area contributed by atoms with Crippen molar-refractivity contribution in [2.24, 2.45) is 0 Å². The van der Waals surface area contributed by atoms with E-state index < -0.39 is 0 Å². The van der Waals surface area contributed by atoms with E-state index >= 15 is 0 Å². The number of halogens is 1. The smallest absolute Gasteiger partial charge is 0.261 e. The van der Waals surface area contributed by atoms with Gasteiger partial charge in [0.05, 0.1) is 5.69 Å². The molecule has 0 amide bonds. The van der Waals surface area contributed by atoms with Crippen LogP contribution in [0, 0.1) is 19.7 Å². The lowest BCUT2D eigenvalue weighted by Gasteiger charge is -2.08. The van der Waals surface area contributed by atoms with E-state index in [0.717, 1.165) is 34.9 Å². The molecule has 108 valence electrons. The minimum atomic E-state index is -0.220. The average molecular weight is 294 g/mol. The van der Waals surface area contributed by atoms with Crippen LogP contribution in [0.2, 0.25) is 0 Å². The lowest BCUT2D eigenvalue weighted by Crippen LogP contribution is -2.14. The van der Waals surface area contributed by atoms with Gasteiger partial charge in [-0.1, -0.05) is 6.92 Å². The Kier molecular flexibility index (Phi) is 5.20. The quantitative estimate of drug-likeness (QED) is 0.815. The van der Waals surface area contributed by atoms with Gasteiger partial charge in [-0.15, -0.1) is 0 Å². The Morgan fingerprint density at radius 3 is 2.80 bits per heavy atom. The molecule has 0 unspecified atom stereocenters. The van der Waals surface area contributed by atoms with Crippen molar-refractivity contribution < 1.29 is 8.81 Å². The Balaban J connectivity index is 2.17. The fraction of sp³-hybridized carbons (Fsp3) is 0.400. The number of nitrogens with one attached hydrogen (secondary N) is 1. The highest BCUT2D eigenvalue weighted by molar-refractivity contribution is 7.99. The van der Waals surface area contributed by atoms with E-state index in [-0.39, 0.29) is 5.82 Å². The molecule has 0 atom stereocenters. The molecule has 5 heteroatoms. The van der Waals surface area contributed by atoms with Gasteiger partial charge in [0.25, 0.3) is 5.22 Å². The van der Waals surface area contributed by atoms with E-state index in [0.29, 0.717) is 11.8 Å². The molecule has 1 heterocycles. The molecule has 20 heavy (non-hydrogen) atoms. The molecule has 1 aromatic heterocycles. The SMILES string of the molecule is CCCNCc1cc(F)ccc1Sc1nc(C)c(C)o1. The van der Waals surface area contributed by atoms with Crippen LogP contribution in [0.15, 0.2) is 32.7 Å². The Bertz CT molecular complexity index is 564. The molecule has 0 fully saturated rings. The van der Waals surface area contributed by atoms with Crippen molar-refractivity contribution in [2.75, 3.05) is 6.54 Å². The second-order valence-electron chi connectivity index (χ2n) is 4.65. The summed E-state index contributed by atoms with van der Waals surface area (Å²) in [6.07, 6.45) is 1.05. The number of nitrogens with zero attached hydrogens (tertiary/aromatic N) is 1. The van der Waals surface area contributed by atoms with Gasteiger partial charge >= 0.3 is 0 Å². The lowest BCUT2D eigenvalue weighted by molar-refractivity contribution is 0.431. The van der Waals surface area contributed by atoms with Crippen LogP contribution in [0.25, 0.3) is 0 Å². The van der Waals surface area contributed by atoms with Crippen LogP contribution in [0.5, 0.6) is 0 Å². The van der Waals surface area contributed by atoms with Crippen LogP contribution in [-0.2, 0) is 6.54 Å². The summed E-state index contributed by atoms with van der Waals surface area (Å²) in [6.45, 7) is 7.47. The van der Waals surface area contributed by atoms with Crippen LogP contribution < -0.4 is 5.32 Å². The number of hydrogen-bond acceptors (Lipinski definition) is 4. The molecule has 1 N–H and O–H groups in total. The maximum atomic E-state index is 13.4. The van der Waals surface area contributed by atoms with Crippen molar-refractivity contribution in [3.05, 3.63) is 41.0 Å². The maximum absolute atomic E-state index is 13.4. The molecule has 0 spiro atoms. The summed E-state index contributed by atoms with van der Waals surface area (Å²) in [7, 11) is 0. The minimum Gasteiger partial charge on any atom is -0.436 e. The van der Waals surface area contributed by atoms with E-state index in [1.165, 1.54) is 17.8 Å². The predicted molar refractivity (Wildman–Crippen MR) is 78.5 cm³/mol. The third-order valence-electron chi connectivity index (χ3n) is 2.97. The Labute approximate surface area is 123 Å². The normalized spacial score (nSPS) is 11.0. The van der Waals surface area contributed by atoms with E-state index in [9.17, 15) is 4.39 Å². The highest BCUT2D eigenvalue weighted by Crippen LogP contribution is 2.31. The van der Waals surface area contributed by atoms with Gasteiger partial charge in [-0.25, -0.2) is 9.37 Å². The van der Waals surface area contributed by atoms with E-state index in [4.69, 9.17) is 4.42 Å². The van der Waals surface area contributed by atoms with Gasteiger partial charge in [-0.05, 0) is 62.3 Å². The predicted octanol–water partition coefficient (Wildman–Crippen LogP) is 4.08. The highest BCUT2D eigenvalue weighted by atomic mass is 32.2. The molecule has 0 aliphatic heterocycles. The zero-order valence-electron chi connectivity index (χ0n) is 12.0. The van der Waals surface area contributed by atoms with Gasteiger partial charge in [0, 0.05) is 11.4 Å². The number of rotatable bonds is 6. The average Bonchev–Trinajstić information content (AvgIpc) is 2.72. The number of aryl methyl sites for hydroxylation is 2. The van der Waals surface area contributed by atoms with Gasteiger partial charge in [-0.3, -0.25) is 0 Å². The van der Waals surface area contributed by atoms with Crippen molar-refractivity contribution in [2.45, 2.75) is 43.9 Å². The van der Waals surface area contributed by atoms with Gasteiger partial charge in [0.2, 0.25) is 0 Å².